The Labute approximate surface area is 139 Å². The molecule has 0 aliphatic carbocycles. The van der Waals surface area contributed by atoms with Crippen molar-refractivity contribution in [2.75, 3.05) is 26.2 Å². The molecule has 2 heterocycles. The van der Waals surface area contributed by atoms with E-state index in [-0.39, 0.29) is 11.8 Å². The van der Waals surface area contributed by atoms with Crippen molar-refractivity contribution in [2.45, 2.75) is 0 Å². The molecule has 1 saturated heterocycles. The van der Waals surface area contributed by atoms with Crippen molar-refractivity contribution in [3.63, 3.8) is 0 Å². The third-order valence-corrected chi connectivity index (χ3v) is 4.17. The van der Waals surface area contributed by atoms with E-state index < -0.39 is 0 Å². The Balaban J connectivity index is 1.64. The molecule has 0 spiro atoms. The summed E-state index contributed by atoms with van der Waals surface area (Å²) in [5, 5.41) is 0.449. The summed E-state index contributed by atoms with van der Waals surface area (Å²) in [6.45, 7) is 1.96. The molecule has 118 valence electrons. The maximum Gasteiger partial charge on any atom is 0.272 e. The van der Waals surface area contributed by atoms with E-state index in [9.17, 15) is 9.59 Å². The van der Waals surface area contributed by atoms with Crippen molar-refractivity contribution >= 4 is 23.4 Å². The summed E-state index contributed by atoms with van der Waals surface area (Å²) >= 11 is 6.08. The Morgan fingerprint density at radius 3 is 2.09 bits per heavy atom. The Kier molecular flexibility index (Phi) is 4.57. The molecule has 3 rings (SSSR count). The average molecular weight is 330 g/mol. The maximum absolute atomic E-state index is 12.5. The number of carbonyl (C=O) groups excluding carboxylic acids is 2. The number of hydrogen-bond donors (Lipinski definition) is 0. The highest BCUT2D eigenvalue weighted by molar-refractivity contribution is 6.33. The second kappa shape index (κ2) is 6.79. The van der Waals surface area contributed by atoms with Gasteiger partial charge in [0.15, 0.2) is 0 Å². The van der Waals surface area contributed by atoms with Crippen molar-refractivity contribution in [1.82, 2.24) is 14.8 Å². The fourth-order valence-corrected chi connectivity index (χ4v) is 2.79. The quantitative estimate of drug-likeness (QED) is 0.849. The molecule has 6 heteroatoms. The molecular weight excluding hydrogens is 314 g/mol. The molecule has 1 aliphatic heterocycles. The Morgan fingerprint density at radius 2 is 1.48 bits per heavy atom. The van der Waals surface area contributed by atoms with Gasteiger partial charge < -0.3 is 9.80 Å². The highest BCUT2D eigenvalue weighted by Gasteiger charge is 2.26. The van der Waals surface area contributed by atoms with E-state index in [4.69, 9.17) is 11.6 Å². The molecule has 1 aromatic heterocycles. The van der Waals surface area contributed by atoms with Crippen LogP contribution < -0.4 is 0 Å². The van der Waals surface area contributed by atoms with Crippen LogP contribution in [-0.2, 0) is 0 Å². The molecule has 23 heavy (non-hydrogen) atoms. The van der Waals surface area contributed by atoms with Crippen LogP contribution in [0.1, 0.15) is 20.8 Å². The minimum absolute atomic E-state index is 0.0967. The van der Waals surface area contributed by atoms with Crippen molar-refractivity contribution < 1.29 is 9.59 Å². The predicted octanol–water partition coefficient (Wildman–Crippen LogP) is 2.33. The lowest BCUT2D eigenvalue weighted by Crippen LogP contribution is -2.50. The number of nitrogens with zero attached hydrogens (tertiary/aromatic N) is 3. The average Bonchev–Trinajstić information content (AvgIpc) is 2.62. The van der Waals surface area contributed by atoms with Crippen molar-refractivity contribution in [1.29, 1.82) is 0 Å². The largest absolute Gasteiger partial charge is 0.335 e. The van der Waals surface area contributed by atoms with Crippen molar-refractivity contribution in [3.8, 4) is 0 Å². The molecule has 0 N–H and O–H groups in total. The van der Waals surface area contributed by atoms with Gasteiger partial charge in [0.25, 0.3) is 11.8 Å². The normalized spacial score (nSPS) is 14.7. The second-order valence-corrected chi connectivity index (χ2v) is 5.69. The molecule has 0 radical (unpaired) electrons. The van der Waals surface area contributed by atoms with Gasteiger partial charge in [-0.25, -0.2) is 0 Å². The number of aromatic nitrogens is 1. The highest BCUT2D eigenvalue weighted by Crippen LogP contribution is 2.18. The number of carbonyl (C=O) groups is 2. The molecule has 1 fully saturated rings. The first-order valence-electron chi connectivity index (χ1n) is 7.41. The Hall–Kier alpha value is -2.40. The van der Waals surface area contributed by atoms with Crippen LogP contribution in [0.5, 0.6) is 0 Å². The summed E-state index contributed by atoms with van der Waals surface area (Å²) in [4.78, 5) is 32.4. The van der Waals surface area contributed by atoms with Gasteiger partial charge in [0.1, 0.15) is 5.69 Å². The summed E-state index contributed by atoms with van der Waals surface area (Å²) in [5.74, 6) is -0.198. The first-order chi connectivity index (χ1) is 11.2. The lowest BCUT2D eigenvalue weighted by atomic mass is 10.1. The monoisotopic (exact) mass is 329 g/mol. The highest BCUT2D eigenvalue weighted by atomic mass is 35.5. The number of amides is 2. The lowest BCUT2D eigenvalue weighted by Gasteiger charge is -2.34. The molecule has 0 unspecified atom stereocenters. The first-order valence-corrected chi connectivity index (χ1v) is 7.79. The van der Waals surface area contributed by atoms with Crippen molar-refractivity contribution in [2.24, 2.45) is 0 Å². The van der Waals surface area contributed by atoms with Gasteiger partial charge in [-0.15, -0.1) is 0 Å². The van der Waals surface area contributed by atoms with Gasteiger partial charge in [-0.05, 0) is 24.3 Å². The molecule has 2 aromatic rings. The van der Waals surface area contributed by atoms with E-state index in [0.29, 0.717) is 42.5 Å². The van der Waals surface area contributed by atoms with Gasteiger partial charge in [0, 0.05) is 32.4 Å². The van der Waals surface area contributed by atoms with Crippen LogP contribution >= 0.6 is 11.6 Å². The molecule has 0 atom stereocenters. The third kappa shape index (κ3) is 3.35. The lowest BCUT2D eigenvalue weighted by molar-refractivity contribution is 0.0532. The summed E-state index contributed by atoms with van der Waals surface area (Å²) in [6.07, 6.45) is 1.60. The summed E-state index contributed by atoms with van der Waals surface area (Å²) < 4.78 is 0. The van der Waals surface area contributed by atoms with E-state index >= 15 is 0 Å². The number of pyridine rings is 1. The molecule has 2 amide bonds. The zero-order valence-electron chi connectivity index (χ0n) is 12.5. The van der Waals surface area contributed by atoms with Crippen LogP contribution in [0.15, 0.2) is 48.7 Å². The number of hydrogen-bond acceptors (Lipinski definition) is 3. The molecule has 5 nitrogen and oxygen atoms in total. The summed E-state index contributed by atoms with van der Waals surface area (Å²) in [5.41, 5.74) is 0.928. The van der Waals surface area contributed by atoms with E-state index in [1.165, 1.54) is 0 Å². The number of rotatable bonds is 2. The van der Waals surface area contributed by atoms with Gasteiger partial charge in [0.2, 0.25) is 0 Å². The third-order valence-electron chi connectivity index (χ3n) is 3.84. The molecular formula is C17H16ClN3O2. The van der Waals surface area contributed by atoms with Crippen LogP contribution in [0.25, 0.3) is 0 Å². The van der Waals surface area contributed by atoms with Crippen LogP contribution in [-0.4, -0.2) is 52.8 Å². The smallest absolute Gasteiger partial charge is 0.272 e. The number of piperazine rings is 1. The predicted molar refractivity (Wildman–Crippen MR) is 87.5 cm³/mol. The molecule has 1 aliphatic rings. The second-order valence-electron chi connectivity index (χ2n) is 5.28. The molecule has 0 bridgehead atoms. The van der Waals surface area contributed by atoms with Crippen LogP contribution in [0, 0.1) is 0 Å². The van der Waals surface area contributed by atoms with E-state index in [1.54, 1.807) is 58.5 Å². The topological polar surface area (TPSA) is 53.5 Å². The summed E-state index contributed by atoms with van der Waals surface area (Å²) in [6, 6.07) is 12.3. The molecule has 1 aromatic carbocycles. The molecule has 0 saturated carbocycles. The van der Waals surface area contributed by atoms with Gasteiger partial charge in [-0.1, -0.05) is 29.8 Å². The maximum atomic E-state index is 12.5. The van der Waals surface area contributed by atoms with E-state index in [1.807, 2.05) is 0 Å². The fraction of sp³-hybridized carbons (Fsp3) is 0.235. The minimum atomic E-state index is -0.101. The van der Waals surface area contributed by atoms with Crippen molar-refractivity contribution in [3.05, 3.63) is 64.9 Å². The minimum Gasteiger partial charge on any atom is -0.335 e. The van der Waals surface area contributed by atoms with Gasteiger partial charge in [-0.3, -0.25) is 14.6 Å². The van der Waals surface area contributed by atoms with Gasteiger partial charge in [0.05, 0.1) is 10.6 Å². The van der Waals surface area contributed by atoms with Crippen LogP contribution in [0.2, 0.25) is 5.02 Å². The van der Waals surface area contributed by atoms with Gasteiger partial charge in [-0.2, -0.15) is 0 Å². The number of benzene rings is 1. The zero-order chi connectivity index (χ0) is 16.2. The van der Waals surface area contributed by atoms with E-state index in [0.717, 1.165) is 0 Å². The first kappa shape index (κ1) is 15.5. The SMILES string of the molecule is O=C(c1ccccn1)N1CCN(C(=O)c2ccccc2Cl)CC1. The summed E-state index contributed by atoms with van der Waals surface area (Å²) in [7, 11) is 0. The zero-order valence-corrected chi connectivity index (χ0v) is 13.2. The fourth-order valence-electron chi connectivity index (χ4n) is 2.57. The van der Waals surface area contributed by atoms with Crippen LogP contribution in [0.3, 0.4) is 0 Å². The standard InChI is InChI=1S/C17H16ClN3O2/c18-14-6-2-1-5-13(14)16(22)20-9-11-21(12-10-20)17(23)15-7-3-4-8-19-15/h1-8H,9-12H2. The van der Waals surface area contributed by atoms with E-state index in [2.05, 4.69) is 4.98 Å². The Bertz CT molecular complexity index is 713. The number of halogens is 1. The van der Waals surface area contributed by atoms with Crippen LogP contribution in [0.4, 0.5) is 0 Å². The van der Waals surface area contributed by atoms with Gasteiger partial charge >= 0.3 is 0 Å². The Morgan fingerprint density at radius 1 is 0.870 bits per heavy atom.